The second kappa shape index (κ2) is 11.4. The maximum Gasteiger partial charge on any atom is 0.324 e. The highest BCUT2D eigenvalue weighted by Gasteiger charge is 2.24. The normalized spacial score (nSPS) is 13.3. The van der Waals surface area contributed by atoms with Gasteiger partial charge >= 0.3 is 11.9 Å². The van der Waals surface area contributed by atoms with Crippen molar-refractivity contribution in [3.8, 4) is 0 Å². The van der Waals surface area contributed by atoms with Gasteiger partial charge in [-0.05, 0) is 26.0 Å². The van der Waals surface area contributed by atoms with E-state index < -0.39 is 24.0 Å². The number of esters is 1. The van der Waals surface area contributed by atoms with Crippen LogP contribution in [0.5, 0.6) is 0 Å². The van der Waals surface area contributed by atoms with Crippen LogP contribution in [0.4, 0.5) is 0 Å². The summed E-state index contributed by atoms with van der Waals surface area (Å²) < 4.78 is 5.00. The van der Waals surface area contributed by atoms with E-state index >= 15 is 0 Å². The SMILES string of the molecule is CCOC(=O)C(CSCCSc1ccccc1)N[C@@H](C)C(=O)O. The van der Waals surface area contributed by atoms with Crippen molar-refractivity contribution >= 4 is 35.5 Å². The number of ether oxygens (including phenoxy) is 1. The Bertz CT molecular complexity index is 484. The number of hydrogen-bond donors (Lipinski definition) is 2. The number of carbonyl (C=O) groups excluding carboxylic acids is 1. The molecule has 0 aliphatic heterocycles. The number of nitrogens with one attached hydrogen (secondary N) is 1. The minimum Gasteiger partial charge on any atom is -0.480 e. The molecular weight excluding hydrogens is 334 g/mol. The fraction of sp³-hybridized carbons (Fsp3) is 0.500. The Kier molecular flexibility index (Phi) is 9.82. The van der Waals surface area contributed by atoms with E-state index in [1.54, 1.807) is 30.4 Å². The van der Waals surface area contributed by atoms with Crippen LogP contribution in [-0.4, -0.2) is 53.0 Å². The van der Waals surface area contributed by atoms with Gasteiger partial charge in [0.2, 0.25) is 0 Å². The van der Waals surface area contributed by atoms with Crippen LogP contribution in [-0.2, 0) is 14.3 Å². The summed E-state index contributed by atoms with van der Waals surface area (Å²) in [5.41, 5.74) is 0. The number of aliphatic carboxylic acids is 1. The molecule has 5 nitrogen and oxygen atoms in total. The smallest absolute Gasteiger partial charge is 0.324 e. The van der Waals surface area contributed by atoms with Crippen LogP contribution in [0.3, 0.4) is 0 Å². The van der Waals surface area contributed by atoms with Crippen molar-refractivity contribution in [2.24, 2.45) is 0 Å². The number of hydrogen-bond acceptors (Lipinski definition) is 6. The summed E-state index contributed by atoms with van der Waals surface area (Å²) in [7, 11) is 0. The van der Waals surface area contributed by atoms with Crippen LogP contribution in [0.15, 0.2) is 35.2 Å². The summed E-state index contributed by atoms with van der Waals surface area (Å²) in [6.45, 7) is 3.54. The molecule has 1 aromatic rings. The number of carboxylic acid groups (broad SMARTS) is 1. The summed E-state index contributed by atoms with van der Waals surface area (Å²) >= 11 is 3.37. The van der Waals surface area contributed by atoms with Crippen LogP contribution in [0, 0.1) is 0 Å². The van der Waals surface area contributed by atoms with Crippen LogP contribution in [0.2, 0.25) is 0 Å². The van der Waals surface area contributed by atoms with Crippen molar-refractivity contribution in [1.82, 2.24) is 5.32 Å². The van der Waals surface area contributed by atoms with Gasteiger partial charge in [-0.15, -0.1) is 11.8 Å². The Morgan fingerprint density at radius 3 is 2.57 bits per heavy atom. The van der Waals surface area contributed by atoms with Gasteiger partial charge in [-0.25, -0.2) is 0 Å². The summed E-state index contributed by atoms with van der Waals surface area (Å²) in [5, 5.41) is 11.8. The van der Waals surface area contributed by atoms with Crippen molar-refractivity contribution in [2.45, 2.75) is 30.8 Å². The molecule has 0 spiro atoms. The van der Waals surface area contributed by atoms with Gasteiger partial charge in [-0.2, -0.15) is 11.8 Å². The maximum absolute atomic E-state index is 11.9. The highest BCUT2D eigenvalue weighted by atomic mass is 32.2. The Balaban J connectivity index is 2.35. The lowest BCUT2D eigenvalue weighted by Gasteiger charge is -2.19. The molecule has 1 unspecified atom stereocenters. The number of rotatable bonds is 11. The monoisotopic (exact) mass is 357 g/mol. The van der Waals surface area contributed by atoms with E-state index in [9.17, 15) is 9.59 Å². The van der Waals surface area contributed by atoms with E-state index in [2.05, 4.69) is 17.4 Å². The lowest BCUT2D eigenvalue weighted by Crippen LogP contribution is -2.47. The number of carbonyl (C=O) groups is 2. The minimum atomic E-state index is -0.982. The lowest BCUT2D eigenvalue weighted by molar-refractivity contribution is -0.146. The minimum absolute atomic E-state index is 0.285. The highest BCUT2D eigenvalue weighted by Crippen LogP contribution is 2.18. The van der Waals surface area contributed by atoms with Gasteiger partial charge in [0.25, 0.3) is 0 Å². The third-order valence-electron chi connectivity index (χ3n) is 2.92. The molecule has 0 radical (unpaired) electrons. The van der Waals surface area contributed by atoms with Crippen molar-refractivity contribution in [1.29, 1.82) is 0 Å². The van der Waals surface area contributed by atoms with Crippen molar-refractivity contribution < 1.29 is 19.4 Å². The molecule has 0 heterocycles. The van der Waals surface area contributed by atoms with E-state index in [0.29, 0.717) is 5.75 Å². The number of carboxylic acids is 1. The Morgan fingerprint density at radius 1 is 1.26 bits per heavy atom. The molecule has 0 saturated carbocycles. The van der Waals surface area contributed by atoms with E-state index in [-0.39, 0.29) is 6.61 Å². The van der Waals surface area contributed by atoms with Gasteiger partial charge in [-0.1, -0.05) is 18.2 Å². The highest BCUT2D eigenvalue weighted by molar-refractivity contribution is 8.03. The lowest BCUT2D eigenvalue weighted by atomic mass is 10.2. The first kappa shape index (κ1) is 19.9. The van der Waals surface area contributed by atoms with E-state index in [0.717, 1.165) is 11.5 Å². The second-order valence-electron chi connectivity index (χ2n) is 4.77. The molecule has 0 fully saturated rings. The predicted molar refractivity (Wildman–Crippen MR) is 95.1 cm³/mol. The second-order valence-corrected chi connectivity index (χ2v) is 7.09. The quantitative estimate of drug-likeness (QED) is 0.358. The predicted octanol–water partition coefficient (Wildman–Crippen LogP) is 2.51. The molecule has 7 heteroatoms. The summed E-state index contributed by atoms with van der Waals surface area (Å²) in [6, 6.07) is 8.72. The Hall–Kier alpha value is -1.18. The molecule has 0 aliphatic carbocycles. The molecule has 128 valence electrons. The van der Waals surface area contributed by atoms with Gasteiger partial charge in [0.05, 0.1) is 6.61 Å². The zero-order chi connectivity index (χ0) is 17.1. The molecule has 2 atom stereocenters. The topological polar surface area (TPSA) is 75.6 Å². The van der Waals surface area contributed by atoms with Crippen molar-refractivity contribution in [2.75, 3.05) is 23.9 Å². The van der Waals surface area contributed by atoms with Crippen LogP contribution in [0.25, 0.3) is 0 Å². The van der Waals surface area contributed by atoms with Gasteiger partial charge in [0.1, 0.15) is 12.1 Å². The van der Waals surface area contributed by atoms with Gasteiger partial charge in [0.15, 0.2) is 0 Å². The maximum atomic E-state index is 11.9. The molecule has 23 heavy (non-hydrogen) atoms. The molecular formula is C16H23NO4S2. The molecule has 1 rings (SSSR count). The largest absolute Gasteiger partial charge is 0.480 e. The van der Waals surface area contributed by atoms with Gasteiger partial charge in [0, 0.05) is 22.2 Å². The van der Waals surface area contributed by atoms with E-state index in [4.69, 9.17) is 9.84 Å². The number of thioether (sulfide) groups is 2. The van der Waals surface area contributed by atoms with Crippen LogP contribution < -0.4 is 5.32 Å². The standard InChI is InChI=1S/C16H23NO4S2/c1-3-21-16(20)14(17-12(2)15(18)19)11-22-9-10-23-13-7-5-4-6-8-13/h4-8,12,14,17H,3,9-11H2,1-2H3,(H,18,19)/t12-,14?/m0/s1. The van der Waals surface area contributed by atoms with E-state index in [1.165, 1.54) is 11.8 Å². The summed E-state index contributed by atoms with van der Waals surface area (Å²) in [5.74, 6) is 0.913. The third-order valence-corrected chi connectivity index (χ3v) is 5.25. The fourth-order valence-corrected chi connectivity index (χ4v) is 3.76. The van der Waals surface area contributed by atoms with Crippen molar-refractivity contribution in [3.63, 3.8) is 0 Å². The zero-order valence-electron chi connectivity index (χ0n) is 13.4. The first-order valence-electron chi connectivity index (χ1n) is 7.45. The van der Waals surface area contributed by atoms with Gasteiger partial charge in [-0.3, -0.25) is 14.9 Å². The molecule has 0 aromatic heterocycles. The van der Waals surface area contributed by atoms with Crippen LogP contribution >= 0.6 is 23.5 Å². The molecule has 0 aliphatic rings. The fourth-order valence-electron chi connectivity index (χ4n) is 1.74. The van der Waals surface area contributed by atoms with E-state index in [1.807, 2.05) is 18.2 Å². The molecule has 2 N–H and O–H groups in total. The molecule has 0 bridgehead atoms. The molecule has 0 amide bonds. The summed E-state index contributed by atoms with van der Waals surface area (Å²) in [4.78, 5) is 24.0. The third kappa shape index (κ3) is 8.29. The van der Waals surface area contributed by atoms with Gasteiger partial charge < -0.3 is 9.84 Å². The first-order chi connectivity index (χ1) is 11.0. The molecule has 1 aromatic carbocycles. The average molecular weight is 357 g/mol. The summed E-state index contributed by atoms with van der Waals surface area (Å²) in [6.07, 6.45) is 0. The average Bonchev–Trinajstić information content (AvgIpc) is 2.54. The molecule has 0 saturated heterocycles. The Labute approximate surface area is 145 Å². The van der Waals surface area contributed by atoms with Crippen LogP contribution in [0.1, 0.15) is 13.8 Å². The Morgan fingerprint density at radius 2 is 1.96 bits per heavy atom. The zero-order valence-corrected chi connectivity index (χ0v) is 15.0. The van der Waals surface area contributed by atoms with Crippen molar-refractivity contribution in [3.05, 3.63) is 30.3 Å². The number of benzene rings is 1. The first-order valence-corrected chi connectivity index (χ1v) is 9.59.